The van der Waals surface area contributed by atoms with Gasteiger partial charge in [-0.05, 0) is 109 Å². The number of nitrogens with zero attached hydrogens (tertiary/aromatic N) is 2. The van der Waals surface area contributed by atoms with E-state index in [0.717, 1.165) is 12.2 Å². The molecule has 2 amide bonds. The molecule has 0 aromatic heterocycles. The molecule has 0 unspecified atom stereocenters. The Balaban J connectivity index is 0.00000308. The Labute approximate surface area is 437 Å². The van der Waals surface area contributed by atoms with Gasteiger partial charge in [0.15, 0.2) is 0 Å². The first-order valence-corrected chi connectivity index (χ1v) is 20.7. The van der Waals surface area contributed by atoms with Gasteiger partial charge in [-0.1, -0.05) is 36.4 Å². The predicted molar refractivity (Wildman–Crippen MR) is 223 cm³/mol. The van der Waals surface area contributed by atoms with Crippen molar-refractivity contribution in [2.45, 2.75) is 6.92 Å². The number of carbonyl (C=O) groups excluding carboxylic acids is 5. The van der Waals surface area contributed by atoms with Crippen molar-refractivity contribution in [3.63, 3.8) is 0 Å². The maximum atomic E-state index is 13.5. The molecule has 0 aliphatic heterocycles. The minimum absolute atomic E-state index is 0. The minimum atomic E-state index is -5.31. The van der Waals surface area contributed by atoms with Crippen molar-refractivity contribution >= 4 is 95.9 Å². The van der Waals surface area contributed by atoms with Crippen LogP contribution in [0.5, 0.6) is 0 Å². The average molecular weight is 941 g/mol. The van der Waals surface area contributed by atoms with E-state index in [2.05, 4.69) is 31.7 Å². The summed E-state index contributed by atoms with van der Waals surface area (Å²) in [5.74, 6) is -4.58. The fourth-order valence-electron chi connectivity index (χ4n) is 6.34. The van der Waals surface area contributed by atoms with Crippen LogP contribution in [0, 0.1) is 6.92 Å². The van der Waals surface area contributed by atoms with Gasteiger partial charge < -0.3 is 29.6 Å². The van der Waals surface area contributed by atoms with Crippen LogP contribution >= 0.6 is 0 Å². The molecular formula is C42H27N6Na3O12S2. The average Bonchev–Trinajstić information content (AvgIpc) is 3.22. The Bertz CT molecular complexity index is 3160. The summed E-state index contributed by atoms with van der Waals surface area (Å²) in [4.78, 5) is 62.4. The first-order valence-electron chi connectivity index (χ1n) is 17.9. The van der Waals surface area contributed by atoms with Crippen molar-refractivity contribution in [1.82, 2.24) is 0 Å². The number of nitrogens with one attached hydrogen (secondary N) is 4. The molecular weight excluding hydrogens is 914 g/mol. The molecule has 65 heavy (non-hydrogen) atoms. The molecule has 2 aliphatic rings. The predicted octanol–water partition coefficient (Wildman–Crippen LogP) is -5.02. The molecule has 0 atom stereocenters. The summed E-state index contributed by atoms with van der Waals surface area (Å²) in [6, 6.07) is 25.7. The Morgan fingerprint density at radius 2 is 1.02 bits per heavy atom. The third-order valence-electron chi connectivity index (χ3n) is 9.36. The van der Waals surface area contributed by atoms with Gasteiger partial charge in [-0.15, -0.1) is 0 Å². The number of amides is 2. The smallest absolute Gasteiger partial charge is 0.744 e. The van der Waals surface area contributed by atoms with E-state index in [4.69, 9.17) is 0 Å². The number of benzene rings is 5. The van der Waals surface area contributed by atoms with Crippen molar-refractivity contribution in [1.29, 1.82) is 0 Å². The number of ketones is 2. The number of hydrogen-bond acceptors (Lipinski definition) is 16. The van der Waals surface area contributed by atoms with Crippen molar-refractivity contribution in [3.8, 4) is 0 Å². The molecule has 5 aromatic rings. The number of aromatic carboxylic acids is 1. The summed E-state index contributed by atoms with van der Waals surface area (Å²) in [5.41, 5.74) is 4.21. The van der Waals surface area contributed by atoms with Gasteiger partial charge in [0.2, 0.25) is 11.6 Å². The summed E-state index contributed by atoms with van der Waals surface area (Å²) >= 11 is 0. The summed E-state index contributed by atoms with van der Waals surface area (Å²) in [5, 5.41) is 24.5. The van der Waals surface area contributed by atoms with Crippen LogP contribution in [0.2, 0.25) is 0 Å². The molecule has 0 spiro atoms. The number of anilines is 4. The second-order valence-electron chi connectivity index (χ2n) is 13.5. The van der Waals surface area contributed by atoms with E-state index in [-0.39, 0.29) is 145 Å². The zero-order valence-corrected chi connectivity index (χ0v) is 42.3. The number of allylic oxidation sites excluding steroid dienone is 2. The monoisotopic (exact) mass is 940 g/mol. The first-order chi connectivity index (χ1) is 29.4. The van der Waals surface area contributed by atoms with Crippen LogP contribution in [0.4, 0.5) is 22.7 Å². The van der Waals surface area contributed by atoms with Crippen molar-refractivity contribution in [2.24, 2.45) is 10.2 Å². The van der Waals surface area contributed by atoms with Crippen LogP contribution in [0.25, 0.3) is 12.2 Å². The van der Waals surface area contributed by atoms with E-state index in [1.165, 1.54) is 78.9 Å². The van der Waals surface area contributed by atoms with E-state index in [1.807, 2.05) is 0 Å². The van der Waals surface area contributed by atoms with Gasteiger partial charge in [-0.2, -0.15) is 10.2 Å². The number of para-hydroxylation sites is 1. The van der Waals surface area contributed by atoms with Crippen LogP contribution in [0.15, 0.2) is 129 Å². The van der Waals surface area contributed by atoms with Gasteiger partial charge in [0, 0.05) is 39.2 Å². The number of carbonyl (C=O) groups is 5. The fourth-order valence-corrected chi connectivity index (χ4v) is 7.63. The van der Waals surface area contributed by atoms with E-state index < -0.39 is 70.8 Å². The topological polar surface area (TPSA) is 296 Å². The molecule has 7 rings (SSSR count). The number of hydrazone groups is 2. The van der Waals surface area contributed by atoms with E-state index >= 15 is 0 Å². The van der Waals surface area contributed by atoms with Crippen LogP contribution in [0.3, 0.4) is 0 Å². The Morgan fingerprint density at radius 3 is 1.49 bits per heavy atom. The molecule has 0 fully saturated rings. The molecule has 23 heteroatoms. The summed E-state index contributed by atoms with van der Waals surface area (Å²) in [6.07, 6.45) is 1.88. The number of Topliss-reactive ketones (excluding diaryl/α,β-unsaturated/α-hetero) is 2. The van der Waals surface area contributed by atoms with Crippen LogP contribution in [-0.4, -0.2) is 66.7 Å². The van der Waals surface area contributed by atoms with Crippen molar-refractivity contribution in [2.75, 3.05) is 21.5 Å². The van der Waals surface area contributed by atoms with Crippen molar-refractivity contribution < 1.29 is 144 Å². The zero-order chi connectivity index (χ0) is 44.5. The Morgan fingerprint density at radius 1 is 0.554 bits per heavy atom. The first kappa shape index (κ1) is 52.7. The van der Waals surface area contributed by atoms with Gasteiger partial charge in [-0.25, -0.2) is 16.8 Å². The van der Waals surface area contributed by atoms with E-state index in [0.29, 0.717) is 11.1 Å². The third kappa shape index (κ3) is 11.9. The Kier molecular flexibility index (Phi) is 17.5. The van der Waals surface area contributed by atoms with E-state index in [1.54, 1.807) is 37.3 Å². The van der Waals surface area contributed by atoms with Gasteiger partial charge in [0.1, 0.15) is 31.7 Å². The number of fused-ring (bicyclic) bond motifs is 2. The fraction of sp³-hybridized carbons (Fsp3) is 0.0238. The van der Waals surface area contributed by atoms with E-state index in [9.17, 15) is 55.0 Å². The number of carboxylic acids is 1. The molecule has 18 nitrogen and oxygen atoms in total. The summed E-state index contributed by atoms with van der Waals surface area (Å²) in [7, 11) is -10.6. The van der Waals surface area contributed by atoms with Crippen molar-refractivity contribution in [3.05, 3.63) is 164 Å². The molecule has 312 valence electrons. The van der Waals surface area contributed by atoms with Gasteiger partial charge in [0.05, 0.1) is 27.2 Å². The SMILES string of the molecule is Cc1cc(C(=O)Nc2ccc3c(c2)C=C(S(=O)(=O)[O-])/C(=N\Nc2ccccc2C(=O)[O-])C3=O)ccc1NN=C1C(=O)c2ccc(NC(=O)c3ccccc3)cc2C=C1S(=O)(=O)[O-].[Na+].[Na+].[Na+]. The van der Waals surface area contributed by atoms with Crippen LogP contribution in [-0.2, 0) is 20.2 Å². The van der Waals surface area contributed by atoms with Gasteiger partial charge in [0.25, 0.3) is 11.8 Å². The third-order valence-corrected chi connectivity index (χ3v) is 11.1. The second kappa shape index (κ2) is 21.6. The largest absolute Gasteiger partial charge is 1.00 e. The standard InChI is InChI=1S/C42H30N6O12S2.3Na/c1-22-17-24(41(52)44-28-13-15-30-26(19-28)21-35(62(58,59)60)37(39(30)50)48-46-33-10-6-5-9-31(33)42(53)54)11-16-32(22)45-47-36-34(61(55,56)57)20-25-18-27(12-14-29(25)38(36)49)43-40(51)23-7-3-2-4-8-23;;;/h2-21,45-46H,1H3,(H,43,51)(H,44,52)(H,53,54)(H,55,56,57)(H,58,59,60);;;/q;3*+1/p-3/b47-36?,48-37+;;;. The molecule has 0 bridgehead atoms. The minimum Gasteiger partial charge on any atom is -0.744 e. The quantitative estimate of drug-likeness (QED) is 0.0548. The number of hydrogen-bond donors (Lipinski definition) is 4. The van der Waals surface area contributed by atoms with Crippen LogP contribution in [0.1, 0.15) is 68.5 Å². The Hall–Kier alpha value is -4.91. The normalized spacial score (nSPS) is 14.2. The number of rotatable bonds is 11. The summed E-state index contributed by atoms with van der Waals surface area (Å²) in [6.45, 7) is 1.56. The molecule has 0 saturated heterocycles. The molecule has 0 radical (unpaired) electrons. The maximum Gasteiger partial charge on any atom is 1.00 e. The zero-order valence-electron chi connectivity index (χ0n) is 34.7. The van der Waals surface area contributed by atoms with Gasteiger partial charge in [-0.3, -0.25) is 30.0 Å². The molecule has 2 aliphatic carbocycles. The second-order valence-corrected chi connectivity index (χ2v) is 16.2. The molecule has 4 N–H and O–H groups in total. The number of aryl methyl sites for hydroxylation is 1. The van der Waals surface area contributed by atoms with Crippen LogP contribution < -0.4 is 115 Å². The molecule has 0 heterocycles. The summed E-state index contributed by atoms with van der Waals surface area (Å²) < 4.78 is 73.7. The maximum absolute atomic E-state index is 13.5. The number of carboxylic acid groups (broad SMARTS) is 1. The molecule has 5 aromatic carbocycles. The molecule has 0 saturated carbocycles. The van der Waals surface area contributed by atoms with Gasteiger partial charge >= 0.3 is 88.7 Å².